The largest absolute Gasteiger partial charge is 6.00 e. The molecule has 0 atom stereocenters. The van der Waals surface area contributed by atoms with Gasteiger partial charge in [-0.15, -0.1) is 0 Å². The fraction of sp³-hybridized carbons (Fsp3) is 0.720. The summed E-state index contributed by atoms with van der Waals surface area (Å²) in [7, 11) is 0. The third kappa shape index (κ3) is 35.1. The maximum absolute atomic E-state index is 5.14. The molecule has 0 heterocycles. The van der Waals surface area contributed by atoms with Crippen LogP contribution < -0.4 is 10.6 Å². The zero-order chi connectivity index (χ0) is 40.9. The molecular weight excluding hydrogens is 917 g/mol. The van der Waals surface area contributed by atoms with Gasteiger partial charge in [-0.05, 0) is 85.8 Å². The predicted molar refractivity (Wildman–Crippen MR) is 282 cm³/mol. The molecule has 0 saturated heterocycles. The van der Waals surface area contributed by atoms with Crippen molar-refractivity contribution < 1.29 is 21.1 Å². The van der Waals surface area contributed by atoms with E-state index in [2.05, 4.69) is 74.7 Å². The molecule has 2 rings (SSSR count). The molecule has 336 valence electrons. The minimum Gasteiger partial charge on any atom is -2.00 e. The van der Waals surface area contributed by atoms with Crippen molar-refractivity contribution in [2.24, 2.45) is 0 Å². The first-order chi connectivity index (χ1) is 27.4. The maximum Gasteiger partial charge on any atom is 6.00 e. The summed E-state index contributed by atoms with van der Waals surface area (Å²) in [5, 5.41) is 6.51. The van der Waals surface area contributed by atoms with E-state index in [1.807, 2.05) is 0 Å². The Kier molecular flexibility index (Phi) is 49.4. The van der Waals surface area contributed by atoms with E-state index < -0.39 is 0 Å². The third-order valence-electron chi connectivity index (χ3n) is 11.2. The minimum absolute atomic E-state index is 0. The molecule has 0 unspecified atom stereocenters. The Hall–Kier alpha value is 0.0483. The zero-order valence-corrected chi connectivity index (χ0v) is 44.9. The van der Waals surface area contributed by atoms with Crippen molar-refractivity contribution in [3.8, 4) is 0 Å². The molecule has 0 aliphatic carbocycles. The molecule has 0 radical (unpaired) electrons. The van der Waals surface area contributed by atoms with Gasteiger partial charge in [0.15, 0.2) is 0 Å². The normalized spacial score (nSPS) is 10.4. The molecule has 2 aromatic carbocycles. The number of rotatable bonds is 34. The van der Waals surface area contributed by atoms with Crippen molar-refractivity contribution in [2.45, 2.75) is 233 Å². The van der Waals surface area contributed by atoms with Gasteiger partial charge in [-0.25, -0.2) is 0 Å². The first-order valence-corrected chi connectivity index (χ1v) is 25.2. The molecule has 0 spiro atoms. The van der Waals surface area contributed by atoms with Crippen molar-refractivity contribution in [1.82, 2.24) is 0 Å². The molecule has 0 aromatic heterocycles. The minimum atomic E-state index is 0. The summed E-state index contributed by atoms with van der Waals surface area (Å²) >= 11 is 20.5. The van der Waals surface area contributed by atoms with Gasteiger partial charge in [0.1, 0.15) is 0 Å². The number of aryl methyl sites for hydroxylation is 2. The SMILES string of the molecule is CCCCCCCCCc1cccc(NC(=S)[S-])c1CCCCCCCCC.CCCCCCCCCc1cccc(NC(=S)[S-])c1CCCCCCCCC.[Mo+6].[S-2].[S-2]. The van der Waals surface area contributed by atoms with Crippen molar-refractivity contribution in [1.29, 1.82) is 0 Å². The fourth-order valence-electron chi connectivity index (χ4n) is 7.85. The van der Waals surface area contributed by atoms with Crippen LogP contribution in [0, 0.1) is 0 Å². The second-order valence-corrected chi connectivity index (χ2v) is 18.3. The van der Waals surface area contributed by atoms with Gasteiger partial charge in [0.25, 0.3) is 0 Å². The van der Waals surface area contributed by atoms with Crippen LogP contribution in [-0.4, -0.2) is 8.64 Å². The van der Waals surface area contributed by atoms with E-state index in [-0.39, 0.29) is 48.1 Å². The molecule has 0 amide bonds. The molecule has 2 aromatic rings. The molecule has 9 heteroatoms. The van der Waals surface area contributed by atoms with Crippen molar-refractivity contribution >= 4 is 96.7 Å². The summed E-state index contributed by atoms with van der Waals surface area (Å²) in [5.74, 6) is 0. The van der Waals surface area contributed by atoms with Gasteiger partial charge in [0.2, 0.25) is 0 Å². The maximum atomic E-state index is 5.14. The Balaban J connectivity index is -0.00000101. The monoisotopic (exact) mass is 1000 g/mol. The van der Waals surface area contributed by atoms with Crippen LogP contribution in [0.4, 0.5) is 11.4 Å². The van der Waals surface area contributed by atoms with Gasteiger partial charge < -0.3 is 87.3 Å². The van der Waals surface area contributed by atoms with E-state index in [1.54, 1.807) is 0 Å². The number of hydrogen-bond donors (Lipinski definition) is 2. The smallest absolute Gasteiger partial charge is 2.00 e. The molecule has 2 N–H and O–H groups in total. The van der Waals surface area contributed by atoms with E-state index in [0.717, 1.165) is 24.2 Å². The first kappa shape index (κ1) is 63.3. The van der Waals surface area contributed by atoms with Gasteiger partial charge in [-0.2, -0.15) is 0 Å². The molecule has 0 fully saturated rings. The summed E-state index contributed by atoms with van der Waals surface area (Å²) in [6.45, 7) is 9.12. The Morgan fingerprint density at radius 2 is 0.627 bits per heavy atom. The van der Waals surface area contributed by atoms with Crippen LogP contribution in [-0.2, 0) is 99.0 Å². The van der Waals surface area contributed by atoms with Gasteiger partial charge in [-0.1, -0.05) is 215 Å². The van der Waals surface area contributed by atoms with Crippen LogP contribution in [0.25, 0.3) is 0 Å². The number of benzene rings is 2. The Labute approximate surface area is 416 Å². The van der Waals surface area contributed by atoms with E-state index in [9.17, 15) is 0 Å². The average Bonchev–Trinajstić information content (AvgIpc) is 3.17. The molecule has 0 bridgehead atoms. The van der Waals surface area contributed by atoms with Crippen LogP contribution in [0.2, 0.25) is 0 Å². The van der Waals surface area contributed by atoms with E-state index in [4.69, 9.17) is 49.7 Å². The average molecular weight is 1000 g/mol. The molecule has 59 heavy (non-hydrogen) atoms. The van der Waals surface area contributed by atoms with Gasteiger partial charge in [0.05, 0.1) is 0 Å². The molecular formula is C50H84MoN2S6. The summed E-state index contributed by atoms with van der Waals surface area (Å²) in [6.07, 6.45) is 42.5. The summed E-state index contributed by atoms with van der Waals surface area (Å²) < 4.78 is 0.905. The number of unbranched alkanes of at least 4 members (excludes halogenated alkanes) is 24. The van der Waals surface area contributed by atoms with Crippen LogP contribution >= 0.6 is 24.4 Å². The topological polar surface area (TPSA) is 24.1 Å². The van der Waals surface area contributed by atoms with E-state index >= 15 is 0 Å². The summed E-state index contributed by atoms with van der Waals surface area (Å²) in [4.78, 5) is 0. The van der Waals surface area contributed by atoms with Crippen LogP contribution in [0.1, 0.15) is 230 Å². The van der Waals surface area contributed by atoms with Crippen LogP contribution in [0.3, 0.4) is 0 Å². The number of nitrogens with one attached hydrogen (secondary N) is 2. The molecule has 0 aliphatic heterocycles. The van der Waals surface area contributed by atoms with Crippen molar-refractivity contribution in [3.05, 3.63) is 58.7 Å². The van der Waals surface area contributed by atoms with Crippen LogP contribution in [0.5, 0.6) is 0 Å². The Morgan fingerprint density at radius 1 is 0.390 bits per heavy atom. The Bertz CT molecular complexity index is 1160. The molecule has 0 saturated carbocycles. The number of thiocarbonyl (C=S) groups is 2. The fourth-order valence-corrected chi connectivity index (χ4v) is 8.29. The second-order valence-electron chi connectivity index (χ2n) is 16.2. The summed E-state index contributed by atoms with van der Waals surface area (Å²) in [5.41, 5.74) is 8.19. The quantitative estimate of drug-likeness (QED) is 0.0314. The standard InChI is InChI=1S/2C25H43NS2.Mo.2S/c2*1-3-5-7-9-11-13-15-18-22-19-17-21-24(26-25(27)28)23(22)20-16-14-12-10-8-6-4-2;;;/h2*17,19,21H,3-16,18,20H2,1-2H3,(H2,26,27,28);;;/q;;+6;2*-2/p-2. The summed E-state index contributed by atoms with van der Waals surface area (Å²) in [6, 6.07) is 13.2. The van der Waals surface area contributed by atoms with Gasteiger partial charge >= 0.3 is 21.1 Å². The first-order valence-electron chi connectivity index (χ1n) is 23.5. The van der Waals surface area contributed by atoms with E-state index in [0.29, 0.717) is 8.64 Å². The van der Waals surface area contributed by atoms with Gasteiger partial charge in [0, 0.05) is 11.4 Å². The predicted octanol–water partition coefficient (Wildman–Crippen LogP) is 17.0. The number of hydrogen-bond acceptors (Lipinski definition) is 4. The third-order valence-corrected chi connectivity index (χ3v) is 11.6. The van der Waals surface area contributed by atoms with Crippen LogP contribution in [0.15, 0.2) is 36.4 Å². The van der Waals surface area contributed by atoms with E-state index in [1.165, 1.54) is 215 Å². The Morgan fingerprint density at radius 3 is 0.881 bits per heavy atom. The second kappa shape index (κ2) is 46.1. The van der Waals surface area contributed by atoms with Crippen molar-refractivity contribution in [3.63, 3.8) is 0 Å². The molecule has 0 aliphatic rings. The number of anilines is 2. The van der Waals surface area contributed by atoms with Gasteiger partial charge in [-0.3, -0.25) is 0 Å². The van der Waals surface area contributed by atoms with Crippen molar-refractivity contribution in [2.75, 3.05) is 10.6 Å². The zero-order valence-electron chi connectivity index (χ0n) is 37.9. The molecule has 2 nitrogen and oxygen atoms in total.